The third-order valence-corrected chi connectivity index (χ3v) is 12.7. The molecule has 210 valence electrons. The average molecular weight is 527 g/mol. The first-order chi connectivity index (χ1) is 18.8. The van der Waals surface area contributed by atoms with Crippen LogP contribution in [-0.2, 0) is 10.8 Å². The minimum atomic E-state index is 0.198. The largest absolute Gasteiger partial charge is 0.508 e. The highest BCUT2D eigenvalue weighted by atomic mass is 16.3. The molecule has 2 atom stereocenters. The third kappa shape index (κ3) is 4.26. The standard InChI is InChI=1S/C37H50O2/c1-25(2)35-19-26-20-36(22-35,29-13-15-33(38)31(17-29)27-9-5-3-6-10-27)24-37(21-26,23-35)30-14-16-34(39)32(18-30)28-11-7-4-8-12-28/h13-18,25-28,38-39H,3-12,19-24H2,1-2H3. The van der Waals surface area contributed by atoms with E-state index in [1.807, 2.05) is 12.1 Å². The van der Waals surface area contributed by atoms with Crippen LogP contribution in [0.3, 0.4) is 0 Å². The van der Waals surface area contributed by atoms with Gasteiger partial charge in [0.25, 0.3) is 0 Å². The monoisotopic (exact) mass is 526 g/mol. The Kier molecular flexibility index (Phi) is 6.37. The van der Waals surface area contributed by atoms with Gasteiger partial charge in [-0.05, 0) is 139 Å². The van der Waals surface area contributed by atoms with Crippen molar-refractivity contribution in [2.24, 2.45) is 17.3 Å². The second kappa shape index (κ2) is 9.56. The van der Waals surface area contributed by atoms with Crippen LogP contribution in [0.4, 0.5) is 0 Å². The van der Waals surface area contributed by atoms with E-state index in [0.29, 0.717) is 34.7 Å². The van der Waals surface area contributed by atoms with Gasteiger partial charge in [0.1, 0.15) is 11.5 Å². The van der Waals surface area contributed by atoms with E-state index in [1.54, 1.807) is 0 Å². The van der Waals surface area contributed by atoms with Crippen LogP contribution in [-0.4, -0.2) is 10.2 Å². The summed E-state index contributed by atoms with van der Waals surface area (Å²) in [5.74, 6) is 3.54. The van der Waals surface area contributed by atoms with E-state index in [0.717, 1.165) is 5.92 Å². The van der Waals surface area contributed by atoms with E-state index < -0.39 is 0 Å². The van der Waals surface area contributed by atoms with Gasteiger partial charge in [0.2, 0.25) is 0 Å². The molecule has 0 aromatic heterocycles. The van der Waals surface area contributed by atoms with Crippen molar-refractivity contribution in [3.63, 3.8) is 0 Å². The van der Waals surface area contributed by atoms with Gasteiger partial charge in [0, 0.05) is 0 Å². The quantitative estimate of drug-likeness (QED) is 0.407. The van der Waals surface area contributed by atoms with Gasteiger partial charge in [-0.15, -0.1) is 0 Å². The summed E-state index contributed by atoms with van der Waals surface area (Å²) in [5.41, 5.74) is 6.29. The Hall–Kier alpha value is -1.96. The summed E-state index contributed by atoms with van der Waals surface area (Å²) in [6.07, 6.45) is 20.6. The van der Waals surface area contributed by atoms with Crippen molar-refractivity contribution in [1.82, 2.24) is 0 Å². The van der Waals surface area contributed by atoms with Gasteiger partial charge in [0.05, 0.1) is 0 Å². The maximum absolute atomic E-state index is 11.0. The lowest BCUT2D eigenvalue weighted by molar-refractivity contribution is -0.113. The molecule has 2 heteroatoms. The summed E-state index contributed by atoms with van der Waals surface area (Å²) in [6.45, 7) is 4.98. The first kappa shape index (κ1) is 26.0. The van der Waals surface area contributed by atoms with Crippen LogP contribution < -0.4 is 0 Å². The molecule has 0 heterocycles. The van der Waals surface area contributed by atoms with Gasteiger partial charge in [-0.1, -0.05) is 76.6 Å². The smallest absolute Gasteiger partial charge is 0.119 e. The molecule has 6 aliphatic carbocycles. The number of aromatic hydroxyl groups is 2. The Morgan fingerprint density at radius 2 is 1.08 bits per heavy atom. The van der Waals surface area contributed by atoms with Gasteiger partial charge >= 0.3 is 0 Å². The summed E-state index contributed by atoms with van der Waals surface area (Å²) >= 11 is 0. The van der Waals surface area contributed by atoms with Crippen LogP contribution in [0.25, 0.3) is 0 Å². The highest BCUT2D eigenvalue weighted by Crippen LogP contribution is 2.72. The molecule has 6 saturated carbocycles. The van der Waals surface area contributed by atoms with Crippen LogP contribution in [0.15, 0.2) is 36.4 Å². The zero-order valence-electron chi connectivity index (χ0n) is 24.5. The number of benzene rings is 2. The summed E-state index contributed by atoms with van der Waals surface area (Å²) in [7, 11) is 0. The van der Waals surface area contributed by atoms with Gasteiger partial charge in [-0.3, -0.25) is 0 Å². The van der Waals surface area contributed by atoms with Crippen LogP contribution in [0.5, 0.6) is 11.5 Å². The molecular formula is C37H50O2. The van der Waals surface area contributed by atoms with Crippen molar-refractivity contribution in [1.29, 1.82) is 0 Å². The van der Waals surface area contributed by atoms with E-state index in [-0.39, 0.29) is 10.8 Å². The van der Waals surface area contributed by atoms with Crippen molar-refractivity contribution >= 4 is 0 Å². The molecule has 8 rings (SSSR count). The van der Waals surface area contributed by atoms with E-state index in [1.165, 1.54) is 125 Å². The van der Waals surface area contributed by atoms with Crippen molar-refractivity contribution in [2.75, 3.05) is 0 Å². The molecule has 0 radical (unpaired) electrons. The Bertz CT molecular complexity index is 1130. The van der Waals surface area contributed by atoms with E-state index in [9.17, 15) is 10.2 Å². The van der Waals surface area contributed by atoms with E-state index >= 15 is 0 Å². The zero-order chi connectivity index (χ0) is 26.8. The lowest BCUT2D eigenvalue weighted by Gasteiger charge is -2.68. The summed E-state index contributed by atoms with van der Waals surface area (Å²) in [4.78, 5) is 0. The van der Waals surface area contributed by atoms with E-state index in [4.69, 9.17) is 0 Å². The third-order valence-electron chi connectivity index (χ3n) is 12.7. The van der Waals surface area contributed by atoms with Gasteiger partial charge in [-0.2, -0.15) is 0 Å². The maximum atomic E-state index is 11.0. The minimum absolute atomic E-state index is 0.198. The van der Waals surface area contributed by atoms with Crippen molar-refractivity contribution < 1.29 is 10.2 Å². The number of phenolic OH excluding ortho intramolecular Hbond substituents is 2. The summed E-state index contributed by atoms with van der Waals surface area (Å²) in [6, 6.07) is 13.7. The van der Waals surface area contributed by atoms with Crippen LogP contribution in [0, 0.1) is 17.3 Å². The van der Waals surface area contributed by atoms with Gasteiger partial charge < -0.3 is 10.2 Å². The lowest BCUT2D eigenvalue weighted by Crippen LogP contribution is -2.61. The van der Waals surface area contributed by atoms with Crippen LogP contribution >= 0.6 is 0 Å². The molecule has 4 bridgehead atoms. The Labute approximate surface area is 236 Å². The molecule has 39 heavy (non-hydrogen) atoms. The lowest BCUT2D eigenvalue weighted by atomic mass is 9.36. The highest BCUT2D eigenvalue weighted by Gasteiger charge is 2.64. The first-order valence-electron chi connectivity index (χ1n) is 16.5. The Balaban J connectivity index is 1.32. The Morgan fingerprint density at radius 1 is 0.615 bits per heavy atom. The fourth-order valence-corrected chi connectivity index (χ4v) is 11.1. The molecule has 2 N–H and O–H groups in total. The van der Waals surface area contributed by atoms with Crippen molar-refractivity contribution in [3.05, 3.63) is 58.7 Å². The van der Waals surface area contributed by atoms with Crippen molar-refractivity contribution in [3.8, 4) is 11.5 Å². The van der Waals surface area contributed by atoms with Gasteiger partial charge in [-0.25, -0.2) is 0 Å². The molecule has 2 aromatic carbocycles. The molecule has 0 aliphatic heterocycles. The first-order valence-corrected chi connectivity index (χ1v) is 16.5. The van der Waals surface area contributed by atoms with Crippen molar-refractivity contribution in [2.45, 2.75) is 139 Å². The predicted octanol–water partition coefficient (Wildman–Crippen LogP) is 10.0. The molecular weight excluding hydrogens is 476 g/mol. The zero-order valence-corrected chi connectivity index (χ0v) is 24.5. The molecule has 0 spiro atoms. The second-order valence-corrected chi connectivity index (χ2v) is 15.3. The number of rotatable bonds is 5. The highest BCUT2D eigenvalue weighted by molar-refractivity contribution is 5.47. The molecule has 6 fully saturated rings. The molecule has 2 nitrogen and oxygen atoms in total. The Morgan fingerprint density at radius 3 is 1.51 bits per heavy atom. The number of hydrogen-bond donors (Lipinski definition) is 2. The molecule has 0 amide bonds. The molecule has 2 unspecified atom stereocenters. The molecule has 6 aliphatic rings. The number of phenols is 2. The predicted molar refractivity (Wildman–Crippen MR) is 160 cm³/mol. The van der Waals surface area contributed by atoms with Crippen LogP contribution in [0.2, 0.25) is 0 Å². The molecule has 2 aromatic rings. The summed E-state index contributed by atoms with van der Waals surface area (Å²) < 4.78 is 0. The topological polar surface area (TPSA) is 40.5 Å². The number of hydrogen-bond acceptors (Lipinski definition) is 2. The minimum Gasteiger partial charge on any atom is -0.508 e. The SMILES string of the molecule is CC(C)C12CC3CC(c4ccc(O)c(C5CCCCC5)c4)(CC(c4ccc(O)c(C5CCCCC5)c4)(C3)C1)C2. The molecule has 0 saturated heterocycles. The van der Waals surface area contributed by atoms with Gasteiger partial charge in [0.15, 0.2) is 0 Å². The fraction of sp³-hybridized carbons (Fsp3) is 0.676. The second-order valence-electron chi connectivity index (χ2n) is 15.3. The fourth-order valence-electron chi connectivity index (χ4n) is 11.1. The maximum Gasteiger partial charge on any atom is 0.119 e. The van der Waals surface area contributed by atoms with Crippen LogP contribution in [0.1, 0.15) is 151 Å². The van der Waals surface area contributed by atoms with E-state index in [2.05, 4.69) is 38.1 Å². The average Bonchev–Trinajstić information content (AvgIpc) is 2.93. The normalized spacial score (nSPS) is 35.1. The summed E-state index contributed by atoms with van der Waals surface area (Å²) in [5, 5.41) is 22.0.